The summed E-state index contributed by atoms with van der Waals surface area (Å²) in [5, 5.41) is 3.20. The van der Waals surface area contributed by atoms with Gasteiger partial charge in [-0.2, -0.15) is 0 Å². The molecule has 3 rings (SSSR count). The van der Waals surface area contributed by atoms with E-state index in [2.05, 4.69) is 15.3 Å². The molecule has 1 heterocycles. The van der Waals surface area contributed by atoms with E-state index in [1.807, 2.05) is 54.6 Å². The number of benzene rings is 2. The van der Waals surface area contributed by atoms with Crippen LogP contribution in [0.4, 0.5) is 11.5 Å². The molecule has 27 heavy (non-hydrogen) atoms. The van der Waals surface area contributed by atoms with Gasteiger partial charge in [0, 0.05) is 25.3 Å². The molecule has 3 aromatic rings. The number of aromatic nitrogens is 2. The van der Waals surface area contributed by atoms with Crippen LogP contribution in [0.15, 0.2) is 60.7 Å². The van der Waals surface area contributed by atoms with E-state index in [-0.39, 0.29) is 5.91 Å². The predicted molar refractivity (Wildman–Crippen MR) is 105 cm³/mol. The summed E-state index contributed by atoms with van der Waals surface area (Å²) < 4.78 is 5.16. The lowest BCUT2D eigenvalue weighted by molar-refractivity contribution is 0.0779. The minimum atomic E-state index is -0.151. The van der Waals surface area contributed by atoms with Crippen molar-refractivity contribution in [3.05, 3.63) is 77.7 Å². The van der Waals surface area contributed by atoms with Crippen LogP contribution in [0, 0.1) is 6.92 Å². The van der Waals surface area contributed by atoms with Crippen LogP contribution in [0.3, 0.4) is 0 Å². The second-order valence-electron chi connectivity index (χ2n) is 6.19. The first kappa shape index (κ1) is 18.4. The van der Waals surface area contributed by atoms with Crippen molar-refractivity contribution in [3.8, 4) is 5.75 Å². The zero-order chi connectivity index (χ0) is 19.2. The molecule has 0 fully saturated rings. The number of carbonyl (C=O) groups excluding carboxylic acids is 1. The number of amides is 1. The molecule has 1 N–H and O–H groups in total. The van der Waals surface area contributed by atoms with E-state index in [0.29, 0.717) is 23.9 Å². The first-order valence-electron chi connectivity index (χ1n) is 8.61. The van der Waals surface area contributed by atoms with Gasteiger partial charge in [-0.1, -0.05) is 30.3 Å². The highest BCUT2D eigenvalue weighted by Crippen LogP contribution is 2.19. The second-order valence-corrected chi connectivity index (χ2v) is 6.19. The van der Waals surface area contributed by atoms with E-state index in [4.69, 9.17) is 4.74 Å². The SMILES string of the molecule is COc1ccc(Nc2cc(C(=O)N(C)Cc3ccccc3)nc(C)n2)cc1. The Labute approximate surface area is 158 Å². The first-order chi connectivity index (χ1) is 13.0. The Hall–Kier alpha value is -3.41. The molecule has 0 saturated carbocycles. The number of anilines is 2. The maximum atomic E-state index is 12.8. The highest BCUT2D eigenvalue weighted by Gasteiger charge is 2.15. The topological polar surface area (TPSA) is 67.3 Å². The summed E-state index contributed by atoms with van der Waals surface area (Å²) in [5.41, 5.74) is 2.28. The molecule has 2 aromatic carbocycles. The number of carbonyl (C=O) groups is 1. The van der Waals surface area contributed by atoms with Crippen LogP contribution in [0.25, 0.3) is 0 Å². The fourth-order valence-electron chi connectivity index (χ4n) is 2.69. The van der Waals surface area contributed by atoms with Crippen molar-refractivity contribution in [3.63, 3.8) is 0 Å². The molecule has 0 radical (unpaired) electrons. The lowest BCUT2D eigenvalue weighted by Crippen LogP contribution is -2.27. The zero-order valence-corrected chi connectivity index (χ0v) is 15.6. The number of hydrogen-bond acceptors (Lipinski definition) is 5. The van der Waals surface area contributed by atoms with Crippen LogP contribution in [-0.2, 0) is 6.54 Å². The predicted octanol–water partition coefficient (Wildman–Crippen LogP) is 3.81. The quantitative estimate of drug-likeness (QED) is 0.722. The molecule has 6 heteroatoms. The third-order valence-corrected chi connectivity index (χ3v) is 4.03. The lowest BCUT2D eigenvalue weighted by atomic mass is 10.2. The molecule has 0 spiro atoms. The Kier molecular flexibility index (Phi) is 5.66. The average molecular weight is 362 g/mol. The summed E-state index contributed by atoms with van der Waals surface area (Å²) in [6.07, 6.45) is 0. The highest BCUT2D eigenvalue weighted by molar-refractivity contribution is 5.93. The third-order valence-electron chi connectivity index (χ3n) is 4.03. The van der Waals surface area contributed by atoms with E-state index >= 15 is 0 Å². The fraction of sp³-hybridized carbons (Fsp3) is 0.190. The van der Waals surface area contributed by atoms with Gasteiger partial charge in [0.25, 0.3) is 5.91 Å². The minimum Gasteiger partial charge on any atom is -0.497 e. The van der Waals surface area contributed by atoms with Crippen molar-refractivity contribution < 1.29 is 9.53 Å². The zero-order valence-electron chi connectivity index (χ0n) is 15.6. The summed E-state index contributed by atoms with van der Waals surface area (Å²) in [5.74, 6) is 1.73. The molecule has 0 aliphatic heterocycles. The first-order valence-corrected chi connectivity index (χ1v) is 8.61. The highest BCUT2D eigenvalue weighted by atomic mass is 16.5. The fourth-order valence-corrected chi connectivity index (χ4v) is 2.69. The summed E-state index contributed by atoms with van der Waals surface area (Å²) in [6.45, 7) is 2.29. The van der Waals surface area contributed by atoms with Gasteiger partial charge in [0.05, 0.1) is 7.11 Å². The molecule has 1 aromatic heterocycles. The van der Waals surface area contributed by atoms with Crippen molar-refractivity contribution in [1.82, 2.24) is 14.9 Å². The molecule has 0 unspecified atom stereocenters. The Morgan fingerprint density at radius 3 is 2.44 bits per heavy atom. The number of ether oxygens (including phenoxy) is 1. The Balaban J connectivity index is 1.76. The molecule has 138 valence electrons. The molecule has 0 aliphatic rings. The van der Waals surface area contributed by atoms with Crippen molar-refractivity contribution in [2.24, 2.45) is 0 Å². The van der Waals surface area contributed by atoms with Gasteiger partial charge in [0.2, 0.25) is 0 Å². The van der Waals surface area contributed by atoms with Crippen molar-refractivity contribution in [2.75, 3.05) is 19.5 Å². The maximum absolute atomic E-state index is 12.8. The maximum Gasteiger partial charge on any atom is 0.272 e. The number of nitrogens with one attached hydrogen (secondary N) is 1. The van der Waals surface area contributed by atoms with Gasteiger partial charge >= 0.3 is 0 Å². The van der Waals surface area contributed by atoms with E-state index in [1.165, 1.54) is 0 Å². The Morgan fingerprint density at radius 2 is 1.78 bits per heavy atom. The van der Waals surface area contributed by atoms with Crippen molar-refractivity contribution >= 4 is 17.4 Å². The summed E-state index contributed by atoms with van der Waals surface area (Å²) >= 11 is 0. The standard InChI is InChI=1S/C21H22N4O2/c1-15-22-19(21(26)25(2)14-16-7-5-4-6-8-16)13-20(23-15)24-17-9-11-18(27-3)12-10-17/h4-13H,14H2,1-3H3,(H,22,23,24). The summed E-state index contributed by atoms with van der Waals surface area (Å²) in [7, 11) is 3.39. The van der Waals surface area contributed by atoms with Gasteiger partial charge in [-0.3, -0.25) is 4.79 Å². The minimum absolute atomic E-state index is 0.151. The summed E-state index contributed by atoms with van der Waals surface area (Å²) in [4.78, 5) is 23.1. The largest absolute Gasteiger partial charge is 0.497 e. The molecule has 6 nitrogen and oxygen atoms in total. The smallest absolute Gasteiger partial charge is 0.272 e. The van der Waals surface area contributed by atoms with Gasteiger partial charge in [0.15, 0.2) is 0 Å². The number of methoxy groups -OCH3 is 1. The number of aryl methyl sites for hydroxylation is 1. The van der Waals surface area contributed by atoms with Gasteiger partial charge in [-0.15, -0.1) is 0 Å². The van der Waals surface area contributed by atoms with E-state index in [0.717, 1.165) is 17.0 Å². The number of rotatable bonds is 6. The van der Waals surface area contributed by atoms with Crippen molar-refractivity contribution in [2.45, 2.75) is 13.5 Å². The molecule has 0 atom stereocenters. The Morgan fingerprint density at radius 1 is 1.07 bits per heavy atom. The molecular weight excluding hydrogens is 340 g/mol. The van der Waals surface area contributed by atoms with Gasteiger partial charge in [-0.05, 0) is 36.8 Å². The van der Waals surface area contributed by atoms with Crippen LogP contribution in [0.5, 0.6) is 5.75 Å². The van der Waals surface area contributed by atoms with Gasteiger partial charge in [-0.25, -0.2) is 9.97 Å². The summed E-state index contributed by atoms with van der Waals surface area (Å²) in [6, 6.07) is 19.0. The molecule has 0 aliphatic carbocycles. The van der Waals surface area contributed by atoms with Crippen LogP contribution in [0.1, 0.15) is 21.9 Å². The van der Waals surface area contributed by atoms with Gasteiger partial charge < -0.3 is 15.0 Å². The molecule has 1 amide bonds. The average Bonchev–Trinajstić information content (AvgIpc) is 2.68. The molecule has 0 saturated heterocycles. The lowest BCUT2D eigenvalue weighted by Gasteiger charge is -2.17. The number of nitrogens with zero attached hydrogens (tertiary/aromatic N) is 3. The van der Waals surface area contributed by atoms with Crippen LogP contribution in [0.2, 0.25) is 0 Å². The molecule has 0 bridgehead atoms. The van der Waals surface area contributed by atoms with E-state index < -0.39 is 0 Å². The van der Waals surface area contributed by atoms with Crippen LogP contribution in [-0.4, -0.2) is 34.9 Å². The van der Waals surface area contributed by atoms with Crippen LogP contribution < -0.4 is 10.1 Å². The Bertz CT molecular complexity index is 911. The van der Waals surface area contributed by atoms with Crippen molar-refractivity contribution in [1.29, 1.82) is 0 Å². The number of hydrogen-bond donors (Lipinski definition) is 1. The normalized spacial score (nSPS) is 10.3. The van der Waals surface area contributed by atoms with E-state index in [9.17, 15) is 4.79 Å². The molecular formula is C21H22N4O2. The monoisotopic (exact) mass is 362 g/mol. The van der Waals surface area contributed by atoms with E-state index in [1.54, 1.807) is 32.0 Å². The van der Waals surface area contributed by atoms with Crippen LogP contribution >= 0.6 is 0 Å². The van der Waals surface area contributed by atoms with Gasteiger partial charge in [0.1, 0.15) is 23.1 Å². The second kappa shape index (κ2) is 8.31. The third kappa shape index (κ3) is 4.82.